The van der Waals surface area contributed by atoms with Crippen molar-refractivity contribution in [3.05, 3.63) is 17.5 Å². The zero-order chi connectivity index (χ0) is 10.7. The molecule has 0 saturated carbocycles. The molecule has 0 aliphatic rings. The molecule has 1 aromatic rings. The Balaban J connectivity index is 3.35. The maximum Gasteiger partial charge on any atom is 0.269 e. The monoisotopic (exact) mass is 204 g/mol. The Labute approximate surface area is 79.3 Å². The second-order valence-electron chi connectivity index (χ2n) is 2.57. The predicted octanol–water partition coefficient (Wildman–Crippen LogP) is 1.10. The molecule has 0 fully saturated rings. The van der Waals surface area contributed by atoms with Gasteiger partial charge >= 0.3 is 0 Å². The molecule has 0 amide bonds. The summed E-state index contributed by atoms with van der Waals surface area (Å²) in [6.45, 7) is -0.469. The zero-order valence-corrected chi connectivity index (χ0v) is 7.50. The van der Waals surface area contributed by atoms with E-state index in [1.54, 1.807) is 0 Å². The molecular weight excluding hydrogens is 194 g/mol. The highest BCUT2D eigenvalue weighted by molar-refractivity contribution is 5.55. The smallest absolute Gasteiger partial charge is 0.269 e. The molecule has 3 N–H and O–H groups in total. The molecule has 4 nitrogen and oxygen atoms in total. The molecule has 0 aromatic carbocycles. The normalized spacial score (nSPS) is 10.6. The number of nitrogens with two attached hydrogens (primary N) is 1. The number of aliphatic hydroxyl groups is 1. The fourth-order valence-corrected chi connectivity index (χ4v) is 1.13. The van der Waals surface area contributed by atoms with Gasteiger partial charge < -0.3 is 15.6 Å². The van der Waals surface area contributed by atoms with Crippen molar-refractivity contribution in [1.29, 1.82) is 0 Å². The van der Waals surface area contributed by atoms with E-state index in [2.05, 4.69) is 4.98 Å². The van der Waals surface area contributed by atoms with Gasteiger partial charge in [0.15, 0.2) is 5.75 Å². The van der Waals surface area contributed by atoms with Gasteiger partial charge in [0.25, 0.3) is 6.43 Å². The molecule has 0 spiro atoms. The summed E-state index contributed by atoms with van der Waals surface area (Å²) in [5.41, 5.74) is 4.80. The number of anilines is 1. The molecule has 0 saturated heterocycles. The second kappa shape index (κ2) is 4.19. The number of pyridine rings is 1. The number of hydrogen-bond acceptors (Lipinski definition) is 4. The maximum atomic E-state index is 12.5. The van der Waals surface area contributed by atoms with Crippen molar-refractivity contribution in [1.82, 2.24) is 4.98 Å². The van der Waals surface area contributed by atoms with Crippen molar-refractivity contribution >= 4 is 5.69 Å². The van der Waals surface area contributed by atoms with Crippen LogP contribution in [0.25, 0.3) is 0 Å². The molecule has 78 valence electrons. The highest BCUT2D eigenvalue weighted by Crippen LogP contribution is 2.35. The van der Waals surface area contributed by atoms with Crippen molar-refractivity contribution in [3.63, 3.8) is 0 Å². The third-order valence-electron chi connectivity index (χ3n) is 1.75. The first-order chi connectivity index (χ1) is 6.61. The van der Waals surface area contributed by atoms with Crippen LogP contribution in [0.4, 0.5) is 14.5 Å². The van der Waals surface area contributed by atoms with Gasteiger partial charge in [-0.3, -0.25) is 4.98 Å². The molecule has 1 rings (SSSR count). The van der Waals surface area contributed by atoms with E-state index < -0.39 is 18.6 Å². The van der Waals surface area contributed by atoms with Crippen LogP contribution in [0.5, 0.6) is 5.75 Å². The first kappa shape index (κ1) is 10.6. The van der Waals surface area contributed by atoms with Gasteiger partial charge in [0.1, 0.15) is 5.69 Å². The molecule has 14 heavy (non-hydrogen) atoms. The SMILES string of the molecule is COc1c(CO)ncc(N)c1C(F)F. The van der Waals surface area contributed by atoms with E-state index in [0.29, 0.717) is 0 Å². The average Bonchev–Trinajstić information content (AvgIpc) is 2.16. The number of rotatable bonds is 3. The Bertz CT molecular complexity index is 331. The summed E-state index contributed by atoms with van der Waals surface area (Å²) in [5.74, 6) is -0.150. The Morgan fingerprint density at radius 2 is 2.29 bits per heavy atom. The Kier molecular flexibility index (Phi) is 3.19. The van der Waals surface area contributed by atoms with Gasteiger partial charge in [0.05, 0.1) is 31.2 Å². The third kappa shape index (κ3) is 1.74. The van der Waals surface area contributed by atoms with Crippen LogP contribution >= 0.6 is 0 Å². The van der Waals surface area contributed by atoms with E-state index in [1.165, 1.54) is 7.11 Å². The Hall–Kier alpha value is -1.43. The number of methoxy groups -OCH3 is 1. The lowest BCUT2D eigenvalue weighted by Gasteiger charge is -2.12. The fraction of sp³-hybridized carbons (Fsp3) is 0.375. The number of nitrogen functional groups attached to an aromatic ring is 1. The Morgan fingerprint density at radius 3 is 2.71 bits per heavy atom. The van der Waals surface area contributed by atoms with Gasteiger partial charge in [0.2, 0.25) is 0 Å². The van der Waals surface area contributed by atoms with Crippen molar-refractivity contribution in [2.75, 3.05) is 12.8 Å². The van der Waals surface area contributed by atoms with Crippen LogP contribution in [0.2, 0.25) is 0 Å². The number of aromatic nitrogens is 1. The largest absolute Gasteiger partial charge is 0.494 e. The molecule has 0 bridgehead atoms. The summed E-state index contributed by atoms with van der Waals surface area (Å²) in [6.07, 6.45) is -1.67. The van der Waals surface area contributed by atoms with Gasteiger partial charge in [-0.2, -0.15) is 0 Å². The maximum absolute atomic E-state index is 12.5. The van der Waals surface area contributed by atoms with Crippen LogP contribution in [0, 0.1) is 0 Å². The van der Waals surface area contributed by atoms with Crippen LogP contribution in [0.3, 0.4) is 0 Å². The highest BCUT2D eigenvalue weighted by Gasteiger charge is 2.21. The summed E-state index contributed by atoms with van der Waals surface area (Å²) in [5, 5.41) is 8.82. The van der Waals surface area contributed by atoms with Crippen LogP contribution in [-0.2, 0) is 6.61 Å². The van der Waals surface area contributed by atoms with E-state index in [-0.39, 0.29) is 17.1 Å². The molecule has 1 heterocycles. The molecule has 0 atom stereocenters. The highest BCUT2D eigenvalue weighted by atomic mass is 19.3. The summed E-state index contributed by atoms with van der Waals surface area (Å²) in [7, 11) is 1.22. The van der Waals surface area contributed by atoms with Gasteiger partial charge in [-0.05, 0) is 0 Å². The number of halogens is 2. The molecule has 0 unspecified atom stereocenters. The average molecular weight is 204 g/mol. The van der Waals surface area contributed by atoms with Gasteiger partial charge in [-0.25, -0.2) is 8.78 Å². The lowest BCUT2D eigenvalue weighted by molar-refractivity contribution is 0.147. The van der Waals surface area contributed by atoms with Crippen LogP contribution in [-0.4, -0.2) is 17.2 Å². The topological polar surface area (TPSA) is 68.4 Å². The first-order valence-corrected chi connectivity index (χ1v) is 3.82. The minimum Gasteiger partial charge on any atom is -0.494 e. The standard InChI is InChI=1S/C8H10F2N2O2/c1-14-7-5(3-13)12-2-4(11)6(7)8(9)10/h2,8,13H,3,11H2,1H3. The van der Waals surface area contributed by atoms with Crippen LogP contribution < -0.4 is 10.5 Å². The van der Waals surface area contributed by atoms with E-state index in [0.717, 1.165) is 6.20 Å². The van der Waals surface area contributed by atoms with Crippen molar-refractivity contribution in [2.45, 2.75) is 13.0 Å². The van der Waals surface area contributed by atoms with E-state index >= 15 is 0 Å². The summed E-state index contributed by atoms with van der Waals surface area (Å²) in [6, 6.07) is 0. The number of alkyl halides is 2. The first-order valence-electron chi connectivity index (χ1n) is 3.82. The number of ether oxygens (including phenoxy) is 1. The van der Waals surface area contributed by atoms with E-state index in [1.807, 2.05) is 0 Å². The summed E-state index contributed by atoms with van der Waals surface area (Å²) < 4.78 is 29.8. The Morgan fingerprint density at radius 1 is 1.64 bits per heavy atom. The summed E-state index contributed by atoms with van der Waals surface area (Å²) >= 11 is 0. The lowest BCUT2D eigenvalue weighted by atomic mass is 10.1. The molecule has 0 aliphatic heterocycles. The molecule has 0 radical (unpaired) electrons. The van der Waals surface area contributed by atoms with Crippen LogP contribution in [0.15, 0.2) is 6.20 Å². The fourth-order valence-electron chi connectivity index (χ4n) is 1.13. The molecule has 6 heteroatoms. The summed E-state index contributed by atoms with van der Waals surface area (Å²) in [4.78, 5) is 3.68. The van der Waals surface area contributed by atoms with E-state index in [9.17, 15) is 8.78 Å². The van der Waals surface area contributed by atoms with Gasteiger partial charge in [-0.15, -0.1) is 0 Å². The number of aliphatic hydroxyl groups excluding tert-OH is 1. The lowest BCUT2D eigenvalue weighted by Crippen LogP contribution is -2.04. The van der Waals surface area contributed by atoms with Gasteiger partial charge in [0, 0.05) is 0 Å². The van der Waals surface area contributed by atoms with Crippen molar-refractivity contribution < 1.29 is 18.6 Å². The zero-order valence-electron chi connectivity index (χ0n) is 7.50. The van der Waals surface area contributed by atoms with Crippen molar-refractivity contribution in [3.8, 4) is 5.75 Å². The van der Waals surface area contributed by atoms with Crippen molar-refractivity contribution in [2.24, 2.45) is 0 Å². The van der Waals surface area contributed by atoms with Crippen LogP contribution in [0.1, 0.15) is 17.7 Å². The minimum atomic E-state index is -2.75. The number of nitrogens with zero attached hydrogens (tertiary/aromatic N) is 1. The predicted molar refractivity (Wildman–Crippen MR) is 46.1 cm³/mol. The molecule has 0 aliphatic carbocycles. The number of hydrogen-bond donors (Lipinski definition) is 2. The molecular formula is C8H10F2N2O2. The molecule has 1 aromatic heterocycles. The van der Waals surface area contributed by atoms with Gasteiger partial charge in [-0.1, -0.05) is 0 Å². The third-order valence-corrected chi connectivity index (χ3v) is 1.75. The second-order valence-corrected chi connectivity index (χ2v) is 2.57. The van der Waals surface area contributed by atoms with E-state index in [4.69, 9.17) is 15.6 Å². The quantitative estimate of drug-likeness (QED) is 0.773. The minimum absolute atomic E-state index is 0.0528.